The fourth-order valence-corrected chi connectivity index (χ4v) is 5.33. The van der Waals surface area contributed by atoms with Crippen LogP contribution in [0.2, 0.25) is 0 Å². The number of unbranched alkanes of at least 4 members (excludes halogenated alkanes) is 18. The molecule has 6 heteroatoms. The molecule has 6 nitrogen and oxygen atoms in total. The number of hydrogen-bond donors (Lipinski definition) is 2. The highest BCUT2D eigenvalue weighted by molar-refractivity contribution is 6.07. The van der Waals surface area contributed by atoms with Crippen LogP contribution in [-0.4, -0.2) is 25.4 Å². The van der Waals surface area contributed by atoms with Gasteiger partial charge in [0.25, 0.3) is 0 Å². The third-order valence-electron chi connectivity index (χ3n) is 7.86. The van der Waals surface area contributed by atoms with E-state index in [1.165, 1.54) is 103 Å². The van der Waals surface area contributed by atoms with Gasteiger partial charge in [-0.2, -0.15) is 0 Å². The first-order chi connectivity index (χ1) is 20.7. The quantitative estimate of drug-likeness (QED) is 0.121. The molecule has 2 aromatic carbocycles. The van der Waals surface area contributed by atoms with Gasteiger partial charge >= 0.3 is 12.2 Å². The van der Waals surface area contributed by atoms with E-state index >= 15 is 0 Å². The Balaban J connectivity index is 1.64. The standard InChI is InChI=1S/C36H58N2O4/c1-3-5-7-9-11-13-15-17-19-21-29-41-35(39)37-33-27-23-26-32-31(33)25-24-28-34(32)38-36(40)42-30-22-20-18-16-14-12-10-8-6-4-2/h23-28H,3-22,29-30H2,1-2H3,(H,37,39)(H,38,40). The summed E-state index contributed by atoms with van der Waals surface area (Å²) in [5.74, 6) is 0. The first kappa shape index (κ1) is 35.4. The van der Waals surface area contributed by atoms with E-state index in [0.717, 1.165) is 36.5 Å². The van der Waals surface area contributed by atoms with Crippen molar-refractivity contribution in [3.05, 3.63) is 36.4 Å². The molecule has 0 unspecified atom stereocenters. The van der Waals surface area contributed by atoms with Crippen LogP contribution in [0.4, 0.5) is 21.0 Å². The monoisotopic (exact) mass is 582 g/mol. The number of amides is 2. The molecular weight excluding hydrogens is 524 g/mol. The van der Waals surface area contributed by atoms with Gasteiger partial charge in [0.05, 0.1) is 24.6 Å². The molecule has 0 aliphatic heterocycles. The summed E-state index contributed by atoms with van der Waals surface area (Å²) < 4.78 is 10.9. The Morgan fingerprint density at radius 3 is 1.12 bits per heavy atom. The highest BCUT2D eigenvalue weighted by Crippen LogP contribution is 2.29. The molecular formula is C36H58N2O4. The van der Waals surface area contributed by atoms with Crippen LogP contribution in [0.25, 0.3) is 10.8 Å². The van der Waals surface area contributed by atoms with Crippen LogP contribution < -0.4 is 10.6 Å². The maximum Gasteiger partial charge on any atom is 0.411 e. The third kappa shape index (κ3) is 16.0. The van der Waals surface area contributed by atoms with E-state index in [1.54, 1.807) is 0 Å². The normalized spacial score (nSPS) is 11.0. The first-order valence-corrected chi connectivity index (χ1v) is 17.0. The number of ether oxygens (including phenoxy) is 2. The molecule has 0 radical (unpaired) electrons. The van der Waals surface area contributed by atoms with Gasteiger partial charge in [0.15, 0.2) is 0 Å². The van der Waals surface area contributed by atoms with E-state index in [0.29, 0.717) is 24.6 Å². The second kappa shape index (κ2) is 23.8. The van der Waals surface area contributed by atoms with E-state index in [2.05, 4.69) is 24.5 Å². The average Bonchev–Trinajstić information content (AvgIpc) is 2.99. The van der Waals surface area contributed by atoms with Crippen molar-refractivity contribution in [2.24, 2.45) is 0 Å². The molecule has 2 N–H and O–H groups in total. The predicted octanol–water partition coefficient (Wildman–Crippen LogP) is 11.8. The number of fused-ring (bicyclic) bond motifs is 1. The van der Waals surface area contributed by atoms with Gasteiger partial charge in [0, 0.05) is 10.8 Å². The van der Waals surface area contributed by atoms with Crippen molar-refractivity contribution in [1.29, 1.82) is 0 Å². The Kier molecular flexibility index (Phi) is 20.1. The predicted molar refractivity (Wildman–Crippen MR) is 178 cm³/mol. The Morgan fingerprint density at radius 2 is 0.786 bits per heavy atom. The minimum Gasteiger partial charge on any atom is -0.449 e. The van der Waals surface area contributed by atoms with Gasteiger partial charge in [-0.05, 0) is 25.0 Å². The third-order valence-corrected chi connectivity index (χ3v) is 7.86. The molecule has 0 bridgehead atoms. The molecule has 0 aliphatic rings. The molecule has 0 atom stereocenters. The number of rotatable bonds is 24. The van der Waals surface area contributed by atoms with Crippen molar-refractivity contribution in [3.63, 3.8) is 0 Å². The fraction of sp³-hybridized carbons (Fsp3) is 0.667. The van der Waals surface area contributed by atoms with Crippen molar-refractivity contribution in [3.8, 4) is 0 Å². The van der Waals surface area contributed by atoms with Crippen LogP contribution in [0.5, 0.6) is 0 Å². The van der Waals surface area contributed by atoms with Crippen LogP contribution in [0, 0.1) is 0 Å². The number of nitrogens with one attached hydrogen (secondary N) is 2. The number of anilines is 2. The van der Waals surface area contributed by atoms with Crippen molar-refractivity contribution >= 4 is 34.3 Å². The van der Waals surface area contributed by atoms with E-state index in [9.17, 15) is 9.59 Å². The molecule has 42 heavy (non-hydrogen) atoms. The maximum absolute atomic E-state index is 12.4. The van der Waals surface area contributed by atoms with Gasteiger partial charge < -0.3 is 9.47 Å². The van der Waals surface area contributed by atoms with E-state index < -0.39 is 12.2 Å². The van der Waals surface area contributed by atoms with E-state index in [-0.39, 0.29) is 0 Å². The zero-order valence-electron chi connectivity index (χ0n) is 26.7. The highest BCUT2D eigenvalue weighted by atomic mass is 16.6. The fourth-order valence-electron chi connectivity index (χ4n) is 5.33. The molecule has 0 fully saturated rings. The maximum atomic E-state index is 12.4. The molecule has 0 spiro atoms. The summed E-state index contributed by atoms with van der Waals surface area (Å²) in [5, 5.41) is 7.41. The summed E-state index contributed by atoms with van der Waals surface area (Å²) in [7, 11) is 0. The highest BCUT2D eigenvalue weighted by Gasteiger charge is 2.11. The number of carbonyl (C=O) groups excluding carboxylic acids is 2. The Hall–Kier alpha value is -2.76. The van der Waals surface area contributed by atoms with Crippen molar-refractivity contribution in [2.75, 3.05) is 23.8 Å². The van der Waals surface area contributed by atoms with Crippen molar-refractivity contribution < 1.29 is 19.1 Å². The zero-order valence-corrected chi connectivity index (χ0v) is 26.7. The topological polar surface area (TPSA) is 76.7 Å². The van der Waals surface area contributed by atoms with Crippen LogP contribution in [-0.2, 0) is 9.47 Å². The van der Waals surface area contributed by atoms with Gasteiger partial charge in [-0.15, -0.1) is 0 Å². The SMILES string of the molecule is CCCCCCCCCCCCOC(=O)Nc1cccc2c(NC(=O)OCCCCCCCCCCCC)cccc12. The Morgan fingerprint density at radius 1 is 0.476 bits per heavy atom. The number of benzene rings is 2. The summed E-state index contributed by atoms with van der Waals surface area (Å²) in [6, 6.07) is 11.3. The van der Waals surface area contributed by atoms with Crippen LogP contribution in [0.1, 0.15) is 142 Å². The van der Waals surface area contributed by atoms with Crippen LogP contribution in [0.15, 0.2) is 36.4 Å². The largest absolute Gasteiger partial charge is 0.449 e. The number of hydrogen-bond acceptors (Lipinski definition) is 4. The molecule has 2 aromatic rings. The summed E-state index contributed by atoms with van der Waals surface area (Å²) in [6.45, 7) is 5.34. The molecule has 236 valence electrons. The summed E-state index contributed by atoms with van der Waals surface area (Å²) >= 11 is 0. The lowest BCUT2D eigenvalue weighted by atomic mass is 10.1. The average molecular weight is 583 g/mol. The second-order valence-corrected chi connectivity index (χ2v) is 11.6. The summed E-state index contributed by atoms with van der Waals surface area (Å²) in [4.78, 5) is 24.9. The van der Waals surface area contributed by atoms with Gasteiger partial charge in [-0.25, -0.2) is 9.59 Å². The Labute approximate surface area is 255 Å². The van der Waals surface area contributed by atoms with Crippen LogP contribution in [0.3, 0.4) is 0 Å². The van der Waals surface area contributed by atoms with E-state index in [1.807, 2.05) is 36.4 Å². The van der Waals surface area contributed by atoms with Crippen molar-refractivity contribution in [1.82, 2.24) is 0 Å². The Bertz CT molecular complexity index is 914. The molecule has 0 aromatic heterocycles. The molecule has 2 rings (SSSR count). The minimum absolute atomic E-state index is 0.421. The molecule has 0 aliphatic carbocycles. The zero-order chi connectivity index (χ0) is 30.1. The summed E-state index contributed by atoms with van der Waals surface area (Å²) in [6.07, 6.45) is 23.9. The lowest BCUT2D eigenvalue weighted by Gasteiger charge is -2.13. The van der Waals surface area contributed by atoms with Gasteiger partial charge in [0.1, 0.15) is 0 Å². The van der Waals surface area contributed by atoms with Crippen LogP contribution >= 0.6 is 0 Å². The van der Waals surface area contributed by atoms with Crippen molar-refractivity contribution in [2.45, 2.75) is 142 Å². The molecule has 0 heterocycles. The minimum atomic E-state index is -0.451. The molecule has 0 saturated carbocycles. The summed E-state index contributed by atoms with van der Waals surface area (Å²) in [5.41, 5.74) is 1.31. The lowest BCUT2D eigenvalue weighted by molar-refractivity contribution is 0.158. The van der Waals surface area contributed by atoms with E-state index in [4.69, 9.17) is 9.47 Å². The first-order valence-electron chi connectivity index (χ1n) is 17.0. The lowest BCUT2D eigenvalue weighted by Crippen LogP contribution is -2.15. The van der Waals surface area contributed by atoms with Gasteiger partial charge in [-0.3, -0.25) is 10.6 Å². The second-order valence-electron chi connectivity index (χ2n) is 11.6. The number of carbonyl (C=O) groups is 2. The van der Waals surface area contributed by atoms with Gasteiger partial charge in [0.2, 0.25) is 0 Å². The smallest absolute Gasteiger partial charge is 0.411 e. The van der Waals surface area contributed by atoms with Gasteiger partial charge in [-0.1, -0.05) is 154 Å². The molecule has 0 saturated heterocycles. The molecule has 2 amide bonds.